The number of hydrogen-bond donors (Lipinski definition) is 1. The minimum absolute atomic E-state index is 0.708. The molecule has 1 aromatic rings. The Balaban J connectivity index is 1.90. The summed E-state index contributed by atoms with van der Waals surface area (Å²) in [7, 11) is 1.67. The highest BCUT2D eigenvalue weighted by Crippen LogP contribution is 2.39. The molecule has 1 aliphatic carbocycles. The monoisotopic (exact) mass is 294 g/mol. The van der Waals surface area contributed by atoms with Crippen LogP contribution in [0.25, 0.3) is 5.57 Å². The zero-order valence-electron chi connectivity index (χ0n) is 9.74. The second-order valence-electron chi connectivity index (χ2n) is 4.70. The molecule has 1 N–H and O–H groups in total. The van der Waals surface area contributed by atoms with Gasteiger partial charge in [0.15, 0.2) is 5.75 Å². The van der Waals surface area contributed by atoms with Crippen LogP contribution in [0.15, 0.2) is 22.9 Å². The van der Waals surface area contributed by atoms with Crippen molar-refractivity contribution in [3.8, 4) is 5.75 Å². The third kappa shape index (κ3) is 2.00. The molecule has 1 fully saturated rings. The van der Waals surface area contributed by atoms with Crippen LogP contribution >= 0.6 is 15.9 Å². The number of ether oxygens (including phenoxy) is 1. The SMILES string of the molecule is COc1cc(C2=CC3CNCC3C2)cnc1Br. The second-order valence-corrected chi connectivity index (χ2v) is 5.45. The Morgan fingerprint density at radius 1 is 1.47 bits per heavy atom. The molecular weight excluding hydrogens is 280 g/mol. The van der Waals surface area contributed by atoms with E-state index < -0.39 is 0 Å². The molecule has 1 saturated heterocycles. The van der Waals surface area contributed by atoms with Crippen LogP contribution in [0, 0.1) is 11.8 Å². The Kier molecular flexibility index (Phi) is 2.92. The number of allylic oxidation sites excluding steroid dienone is 1. The minimum atomic E-state index is 0.708. The van der Waals surface area contributed by atoms with E-state index in [2.05, 4.69) is 38.4 Å². The summed E-state index contributed by atoms with van der Waals surface area (Å²) >= 11 is 3.38. The van der Waals surface area contributed by atoms with E-state index in [-0.39, 0.29) is 0 Å². The Morgan fingerprint density at radius 3 is 3.12 bits per heavy atom. The van der Waals surface area contributed by atoms with Gasteiger partial charge >= 0.3 is 0 Å². The summed E-state index contributed by atoms with van der Waals surface area (Å²) in [4.78, 5) is 4.32. The molecule has 0 aromatic carbocycles. The molecule has 90 valence electrons. The lowest BCUT2D eigenvalue weighted by Gasteiger charge is -2.08. The number of nitrogens with one attached hydrogen (secondary N) is 1. The van der Waals surface area contributed by atoms with Crippen LogP contribution in [0.2, 0.25) is 0 Å². The highest BCUT2D eigenvalue weighted by molar-refractivity contribution is 9.10. The van der Waals surface area contributed by atoms with E-state index in [0.29, 0.717) is 5.92 Å². The molecule has 0 radical (unpaired) electrons. The van der Waals surface area contributed by atoms with Gasteiger partial charge in [-0.15, -0.1) is 0 Å². The maximum Gasteiger partial charge on any atom is 0.152 e. The molecule has 2 heterocycles. The number of pyridine rings is 1. The van der Waals surface area contributed by atoms with Crippen molar-refractivity contribution in [1.29, 1.82) is 0 Å². The standard InChI is InChI=1S/C13H15BrN2O/c1-17-12-4-11(7-16-13(12)14)8-2-9-5-15-6-10(9)3-8/h2,4,7,9-10,15H,3,5-6H2,1H3. The first-order valence-corrected chi connectivity index (χ1v) is 6.68. The molecular formula is C13H15BrN2O. The predicted octanol–water partition coefficient (Wildman–Crippen LogP) is 2.48. The molecule has 3 rings (SSSR count). The van der Waals surface area contributed by atoms with Crippen molar-refractivity contribution in [3.63, 3.8) is 0 Å². The number of methoxy groups -OCH3 is 1. The van der Waals surface area contributed by atoms with Crippen LogP contribution in [0.5, 0.6) is 5.75 Å². The Bertz CT molecular complexity index is 472. The van der Waals surface area contributed by atoms with Gasteiger partial charge in [0.05, 0.1) is 7.11 Å². The fraction of sp³-hybridized carbons (Fsp3) is 0.462. The zero-order chi connectivity index (χ0) is 11.8. The molecule has 0 amide bonds. The topological polar surface area (TPSA) is 34.1 Å². The second kappa shape index (κ2) is 4.42. The van der Waals surface area contributed by atoms with Crippen LogP contribution < -0.4 is 10.1 Å². The lowest BCUT2D eigenvalue weighted by atomic mass is 9.99. The van der Waals surface area contributed by atoms with Crippen molar-refractivity contribution < 1.29 is 4.74 Å². The smallest absolute Gasteiger partial charge is 0.152 e. The van der Waals surface area contributed by atoms with E-state index in [0.717, 1.165) is 35.8 Å². The normalized spacial score (nSPS) is 26.8. The van der Waals surface area contributed by atoms with Crippen molar-refractivity contribution in [1.82, 2.24) is 10.3 Å². The fourth-order valence-corrected chi connectivity index (χ4v) is 3.12. The number of nitrogens with zero attached hydrogens (tertiary/aromatic N) is 1. The summed E-state index contributed by atoms with van der Waals surface area (Å²) in [5.41, 5.74) is 2.61. The lowest BCUT2D eigenvalue weighted by molar-refractivity contribution is 0.409. The van der Waals surface area contributed by atoms with Crippen LogP contribution in [0.3, 0.4) is 0 Å². The van der Waals surface area contributed by atoms with Gasteiger partial charge in [0.2, 0.25) is 0 Å². The molecule has 0 bridgehead atoms. The highest BCUT2D eigenvalue weighted by atomic mass is 79.9. The van der Waals surface area contributed by atoms with Crippen molar-refractivity contribution in [2.45, 2.75) is 6.42 Å². The summed E-state index contributed by atoms with van der Waals surface area (Å²) in [6.07, 6.45) is 5.48. The average molecular weight is 295 g/mol. The van der Waals surface area contributed by atoms with Gasteiger partial charge in [-0.2, -0.15) is 0 Å². The molecule has 3 nitrogen and oxygen atoms in total. The largest absolute Gasteiger partial charge is 0.494 e. The van der Waals surface area contributed by atoms with Gasteiger partial charge in [-0.05, 0) is 57.9 Å². The number of aromatic nitrogens is 1. The maximum absolute atomic E-state index is 5.29. The van der Waals surface area contributed by atoms with Gasteiger partial charge in [0, 0.05) is 12.7 Å². The van der Waals surface area contributed by atoms with E-state index in [4.69, 9.17) is 4.74 Å². The maximum atomic E-state index is 5.29. The zero-order valence-corrected chi connectivity index (χ0v) is 11.3. The van der Waals surface area contributed by atoms with E-state index in [1.807, 2.05) is 6.20 Å². The summed E-state index contributed by atoms with van der Waals surface area (Å²) in [5, 5.41) is 3.44. The summed E-state index contributed by atoms with van der Waals surface area (Å²) in [6, 6.07) is 2.07. The Labute approximate surface area is 109 Å². The van der Waals surface area contributed by atoms with Crippen LogP contribution in [0.1, 0.15) is 12.0 Å². The third-order valence-corrected chi connectivity index (χ3v) is 4.28. The van der Waals surface area contributed by atoms with Gasteiger partial charge in [0.1, 0.15) is 4.60 Å². The molecule has 2 atom stereocenters. The van der Waals surface area contributed by atoms with Crippen LogP contribution in [-0.2, 0) is 0 Å². The van der Waals surface area contributed by atoms with E-state index >= 15 is 0 Å². The molecule has 17 heavy (non-hydrogen) atoms. The van der Waals surface area contributed by atoms with Crippen molar-refractivity contribution in [2.75, 3.05) is 20.2 Å². The third-order valence-electron chi connectivity index (χ3n) is 3.69. The lowest BCUT2D eigenvalue weighted by Crippen LogP contribution is -2.09. The molecule has 2 aliphatic rings. The predicted molar refractivity (Wildman–Crippen MR) is 70.9 cm³/mol. The van der Waals surface area contributed by atoms with Gasteiger partial charge in [-0.1, -0.05) is 6.08 Å². The van der Waals surface area contributed by atoms with Crippen molar-refractivity contribution in [2.24, 2.45) is 11.8 Å². The van der Waals surface area contributed by atoms with Gasteiger partial charge in [0.25, 0.3) is 0 Å². The van der Waals surface area contributed by atoms with Crippen LogP contribution in [0.4, 0.5) is 0 Å². The highest BCUT2D eigenvalue weighted by Gasteiger charge is 2.31. The molecule has 4 heteroatoms. The first-order chi connectivity index (χ1) is 8.28. The van der Waals surface area contributed by atoms with Gasteiger partial charge < -0.3 is 10.1 Å². The first kappa shape index (κ1) is 11.2. The summed E-state index contributed by atoms with van der Waals surface area (Å²) in [5.74, 6) is 2.29. The van der Waals surface area contributed by atoms with E-state index in [1.165, 1.54) is 11.1 Å². The number of hydrogen-bond acceptors (Lipinski definition) is 3. The van der Waals surface area contributed by atoms with Crippen molar-refractivity contribution in [3.05, 3.63) is 28.5 Å². The van der Waals surface area contributed by atoms with Gasteiger partial charge in [-0.25, -0.2) is 4.98 Å². The van der Waals surface area contributed by atoms with Crippen molar-refractivity contribution >= 4 is 21.5 Å². The minimum Gasteiger partial charge on any atom is -0.494 e. The first-order valence-electron chi connectivity index (χ1n) is 5.89. The number of rotatable bonds is 2. The Morgan fingerprint density at radius 2 is 2.35 bits per heavy atom. The molecule has 2 unspecified atom stereocenters. The Hall–Kier alpha value is -0.870. The summed E-state index contributed by atoms with van der Waals surface area (Å²) in [6.45, 7) is 2.26. The molecule has 1 aliphatic heterocycles. The van der Waals surface area contributed by atoms with E-state index in [9.17, 15) is 0 Å². The number of halogens is 1. The quantitative estimate of drug-likeness (QED) is 0.851. The molecule has 0 spiro atoms. The van der Waals surface area contributed by atoms with E-state index in [1.54, 1.807) is 7.11 Å². The summed E-state index contributed by atoms with van der Waals surface area (Å²) < 4.78 is 6.06. The average Bonchev–Trinajstić information content (AvgIpc) is 2.90. The number of fused-ring (bicyclic) bond motifs is 1. The van der Waals surface area contributed by atoms with Crippen LogP contribution in [-0.4, -0.2) is 25.2 Å². The molecule has 1 aromatic heterocycles. The molecule has 0 saturated carbocycles. The van der Waals surface area contributed by atoms with Gasteiger partial charge in [-0.3, -0.25) is 0 Å². The fourth-order valence-electron chi connectivity index (χ4n) is 2.74.